The third-order valence-electron chi connectivity index (χ3n) is 3.77. The molecule has 3 rings (SSSR count). The minimum absolute atomic E-state index is 0.112. The number of halogens is 3. The molecule has 0 saturated heterocycles. The van der Waals surface area contributed by atoms with Gasteiger partial charge in [0.25, 0.3) is 0 Å². The van der Waals surface area contributed by atoms with Crippen LogP contribution in [0.15, 0.2) is 42.6 Å². The maximum atomic E-state index is 9.09. The van der Waals surface area contributed by atoms with Crippen LogP contribution in [0.1, 0.15) is 22.9 Å². The third-order valence-corrected chi connectivity index (χ3v) is 3.94. The summed E-state index contributed by atoms with van der Waals surface area (Å²) < 4.78 is 9.09. The Hall–Kier alpha value is -0.850. The van der Waals surface area contributed by atoms with Gasteiger partial charge in [0, 0.05) is 46.4 Å². The molecule has 24 heavy (non-hydrogen) atoms. The van der Waals surface area contributed by atoms with E-state index in [9.17, 15) is 0 Å². The van der Waals surface area contributed by atoms with Gasteiger partial charge in [-0.25, -0.2) is 9.19 Å². The number of nitrogens with one attached hydrogen (secondary N) is 1. The van der Waals surface area contributed by atoms with E-state index in [-0.39, 0.29) is 6.17 Å². The molecular formula is C16H18Cl3N3OS. The van der Waals surface area contributed by atoms with E-state index in [1.165, 1.54) is 16.7 Å². The Balaban J connectivity index is 0.000000471. The van der Waals surface area contributed by atoms with Crippen molar-refractivity contribution in [2.75, 3.05) is 24.8 Å². The number of rotatable bonds is 3. The molecule has 0 aliphatic carbocycles. The van der Waals surface area contributed by atoms with E-state index in [1.807, 2.05) is 12.3 Å². The molecule has 1 aromatic heterocycles. The molecule has 8 heteroatoms. The standard InChI is InChI=1S/C16H18ClN3.Cl2OS/c1-20(10-8-17)16-14-7-3-2-5-12(14)11-13-6-4-9-18-15(13)19-16;1-4(2)3/h2-7,9,16H,8,10-11H2,1H3,(H,18,19);. The molecule has 2 aromatic rings. The maximum Gasteiger partial charge on any atom is 0.211 e. The van der Waals surface area contributed by atoms with Crippen molar-refractivity contribution in [3.05, 3.63) is 59.3 Å². The third kappa shape index (κ3) is 5.33. The van der Waals surface area contributed by atoms with Gasteiger partial charge < -0.3 is 5.32 Å². The van der Waals surface area contributed by atoms with Crippen LogP contribution in [0, 0.1) is 0 Å². The van der Waals surface area contributed by atoms with Gasteiger partial charge in [-0.05, 0) is 29.8 Å². The molecule has 1 N–H and O–H groups in total. The molecule has 1 aliphatic heterocycles. The molecule has 1 aliphatic rings. The Morgan fingerprint density at radius 1 is 1.25 bits per heavy atom. The molecule has 2 heterocycles. The van der Waals surface area contributed by atoms with Crippen LogP contribution in [-0.2, 0) is 15.6 Å². The predicted molar refractivity (Wildman–Crippen MR) is 103 cm³/mol. The first-order valence-corrected chi connectivity index (χ1v) is 10.6. The van der Waals surface area contributed by atoms with Gasteiger partial charge >= 0.3 is 0 Å². The van der Waals surface area contributed by atoms with Crippen LogP contribution < -0.4 is 5.32 Å². The van der Waals surface area contributed by atoms with E-state index in [1.54, 1.807) is 0 Å². The first-order chi connectivity index (χ1) is 11.5. The Labute approximate surface area is 158 Å². The number of hydrogen-bond donors (Lipinski definition) is 1. The minimum atomic E-state index is -1.67. The monoisotopic (exact) mass is 405 g/mol. The average Bonchev–Trinajstić information content (AvgIpc) is 2.71. The van der Waals surface area contributed by atoms with E-state index in [0.717, 1.165) is 18.8 Å². The number of hydrogen-bond acceptors (Lipinski definition) is 4. The number of pyridine rings is 1. The summed E-state index contributed by atoms with van der Waals surface area (Å²) in [6.45, 7) is 0.829. The van der Waals surface area contributed by atoms with Gasteiger partial charge in [-0.3, -0.25) is 4.90 Å². The fourth-order valence-electron chi connectivity index (χ4n) is 2.70. The summed E-state index contributed by atoms with van der Waals surface area (Å²) in [6.07, 6.45) is 2.86. The van der Waals surface area contributed by atoms with Crippen LogP contribution in [-0.4, -0.2) is 33.6 Å². The predicted octanol–water partition coefficient (Wildman–Crippen LogP) is 4.31. The van der Waals surface area contributed by atoms with Gasteiger partial charge in [0.15, 0.2) is 0 Å². The molecule has 1 atom stereocenters. The van der Waals surface area contributed by atoms with E-state index >= 15 is 0 Å². The van der Waals surface area contributed by atoms with Crippen LogP contribution in [0.4, 0.5) is 5.82 Å². The van der Waals surface area contributed by atoms with Crippen molar-refractivity contribution in [3.63, 3.8) is 0 Å². The van der Waals surface area contributed by atoms with E-state index in [2.05, 4.69) is 73.9 Å². The van der Waals surface area contributed by atoms with Gasteiger partial charge in [-0.15, -0.1) is 11.6 Å². The molecule has 0 spiro atoms. The van der Waals surface area contributed by atoms with Gasteiger partial charge in [0.2, 0.25) is 9.23 Å². The zero-order chi connectivity index (χ0) is 17.5. The molecule has 0 fully saturated rings. The van der Waals surface area contributed by atoms with Gasteiger partial charge in [0.1, 0.15) is 12.0 Å². The summed E-state index contributed by atoms with van der Waals surface area (Å²) in [5.41, 5.74) is 3.89. The van der Waals surface area contributed by atoms with E-state index in [4.69, 9.17) is 15.8 Å². The zero-order valence-electron chi connectivity index (χ0n) is 13.1. The Bertz CT molecular complexity index is 698. The Morgan fingerprint density at radius 2 is 1.92 bits per heavy atom. The molecule has 4 nitrogen and oxygen atoms in total. The second-order valence-corrected chi connectivity index (χ2v) is 8.19. The molecule has 0 saturated carbocycles. The van der Waals surface area contributed by atoms with Crippen molar-refractivity contribution in [2.24, 2.45) is 0 Å². The Kier molecular flexibility index (Phi) is 7.78. The topological polar surface area (TPSA) is 45.2 Å². The summed E-state index contributed by atoms with van der Waals surface area (Å²) in [4.78, 5) is 6.72. The maximum absolute atomic E-state index is 9.09. The van der Waals surface area contributed by atoms with Crippen LogP contribution in [0.3, 0.4) is 0 Å². The van der Waals surface area contributed by atoms with Crippen LogP contribution in [0.2, 0.25) is 0 Å². The normalized spacial score (nSPS) is 15.7. The number of fused-ring (bicyclic) bond motifs is 2. The van der Waals surface area contributed by atoms with Crippen molar-refractivity contribution < 1.29 is 4.21 Å². The van der Waals surface area contributed by atoms with Crippen molar-refractivity contribution in [1.29, 1.82) is 0 Å². The van der Waals surface area contributed by atoms with Crippen LogP contribution >= 0.6 is 33.0 Å². The van der Waals surface area contributed by atoms with Crippen molar-refractivity contribution >= 4 is 48.0 Å². The van der Waals surface area contributed by atoms with Crippen LogP contribution in [0.25, 0.3) is 0 Å². The summed E-state index contributed by atoms with van der Waals surface area (Å²) in [5, 5.41) is 3.56. The second-order valence-electron chi connectivity index (χ2n) is 5.29. The first kappa shape index (κ1) is 19.5. The highest BCUT2D eigenvalue weighted by molar-refractivity contribution is 8.26. The average molecular weight is 407 g/mol. The minimum Gasteiger partial charge on any atom is -0.350 e. The number of nitrogens with zero attached hydrogens (tertiary/aromatic N) is 2. The fraction of sp³-hybridized carbons (Fsp3) is 0.312. The van der Waals surface area contributed by atoms with Gasteiger partial charge in [-0.2, -0.15) is 0 Å². The van der Waals surface area contributed by atoms with E-state index < -0.39 is 9.23 Å². The lowest BCUT2D eigenvalue weighted by molar-refractivity contribution is 0.284. The van der Waals surface area contributed by atoms with Gasteiger partial charge in [0.05, 0.1) is 0 Å². The SMILES string of the molecule is CN(CCCl)C1Nc2ncccc2Cc2ccccc21.O=S(Cl)Cl. The molecule has 1 unspecified atom stereocenters. The van der Waals surface area contributed by atoms with E-state index in [0.29, 0.717) is 5.88 Å². The summed E-state index contributed by atoms with van der Waals surface area (Å²) in [5.74, 6) is 1.58. The van der Waals surface area contributed by atoms with Gasteiger partial charge in [-0.1, -0.05) is 30.3 Å². The highest BCUT2D eigenvalue weighted by atomic mass is 36.0. The Morgan fingerprint density at radius 3 is 2.62 bits per heavy atom. The lowest BCUT2D eigenvalue weighted by Crippen LogP contribution is -2.32. The summed E-state index contributed by atoms with van der Waals surface area (Å²) in [6, 6.07) is 12.7. The molecule has 1 aromatic carbocycles. The van der Waals surface area contributed by atoms with Crippen LogP contribution in [0.5, 0.6) is 0 Å². The fourth-order valence-corrected chi connectivity index (χ4v) is 2.96. The second kappa shape index (κ2) is 9.59. The smallest absolute Gasteiger partial charge is 0.211 e. The number of anilines is 1. The van der Waals surface area contributed by atoms with Crippen molar-refractivity contribution in [1.82, 2.24) is 9.88 Å². The number of benzene rings is 1. The summed E-state index contributed by atoms with van der Waals surface area (Å²) >= 11 is 5.90. The van der Waals surface area contributed by atoms with Crippen molar-refractivity contribution in [2.45, 2.75) is 12.6 Å². The lowest BCUT2D eigenvalue weighted by Gasteiger charge is -2.29. The molecule has 0 radical (unpaired) electrons. The number of aromatic nitrogens is 1. The highest BCUT2D eigenvalue weighted by Gasteiger charge is 2.24. The number of alkyl halides is 1. The molecule has 0 bridgehead atoms. The first-order valence-electron chi connectivity index (χ1n) is 7.31. The largest absolute Gasteiger partial charge is 0.350 e. The lowest BCUT2D eigenvalue weighted by atomic mass is 10.00. The summed E-state index contributed by atoms with van der Waals surface area (Å²) in [7, 11) is 9.45. The zero-order valence-corrected chi connectivity index (χ0v) is 16.2. The molecule has 0 amide bonds. The molecule has 130 valence electrons. The van der Waals surface area contributed by atoms with Crippen molar-refractivity contribution in [3.8, 4) is 0 Å². The quantitative estimate of drug-likeness (QED) is 0.609. The molecular weight excluding hydrogens is 389 g/mol. The highest BCUT2D eigenvalue weighted by Crippen LogP contribution is 2.32.